The van der Waals surface area contributed by atoms with E-state index in [4.69, 9.17) is 0 Å². The number of aryl methyl sites for hydroxylation is 1. The van der Waals surface area contributed by atoms with Crippen molar-refractivity contribution in [3.8, 4) is 0 Å². The Bertz CT molecular complexity index is 693. The van der Waals surface area contributed by atoms with E-state index in [0.717, 1.165) is 24.1 Å². The van der Waals surface area contributed by atoms with Crippen LogP contribution in [0.15, 0.2) is 34.2 Å². The topological polar surface area (TPSA) is 79.8 Å². The lowest BCUT2D eigenvalue weighted by Gasteiger charge is -2.08. The van der Waals surface area contributed by atoms with Crippen molar-refractivity contribution >= 4 is 23.4 Å². The lowest BCUT2D eigenvalue weighted by Crippen LogP contribution is -2.19. The molecule has 0 aliphatic heterocycles. The third-order valence-corrected chi connectivity index (χ3v) is 4.19. The summed E-state index contributed by atoms with van der Waals surface area (Å²) in [5, 5.41) is 9.83. The van der Waals surface area contributed by atoms with Gasteiger partial charge in [0.1, 0.15) is 0 Å². The van der Waals surface area contributed by atoms with E-state index in [-0.39, 0.29) is 17.3 Å². The van der Waals surface area contributed by atoms with Crippen LogP contribution in [0.2, 0.25) is 0 Å². The van der Waals surface area contributed by atoms with E-state index in [2.05, 4.69) is 22.4 Å². The van der Waals surface area contributed by atoms with Crippen LogP contribution in [0.5, 0.6) is 0 Å². The molecule has 0 bridgehead atoms. The van der Waals surface area contributed by atoms with Gasteiger partial charge in [-0.1, -0.05) is 43.3 Å². The summed E-state index contributed by atoms with van der Waals surface area (Å²) in [6.45, 7) is 4.63. The molecular weight excluding hydrogens is 300 g/mol. The summed E-state index contributed by atoms with van der Waals surface area (Å²) in [5.74, 6) is 0.0990. The predicted molar refractivity (Wildman–Crippen MR) is 88.3 cm³/mol. The zero-order valence-corrected chi connectivity index (χ0v) is 13.6. The number of benzene rings is 1. The fraction of sp³-hybridized carbons (Fsp3) is 0.400. The quantitative estimate of drug-likeness (QED) is 0.768. The average molecular weight is 320 g/mol. The second kappa shape index (κ2) is 7.84. The van der Waals surface area contributed by atoms with Gasteiger partial charge in [0.25, 0.3) is 0 Å². The van der Waals surface area contributed by atoms with Gasteiger partial charge in [-0.05, 0) is 25.0 Å². The molecule has 2 aromatic rings. The van der Waals surface area contributed by atoms with Crippen LogP contribution in [0.1, 0.15) is 25.3 Å². The van der Waals surface area contributed by atoms with Gasteiger partial charge in [-0.25, -0.2) is 9.89 Å². The van der Waals surface area contributed by atoms with E-state index in [1.54, 1.807) is 4.57 Å². The largest absolute Gasteiger partial charge is 0.343 e. The van der Waals surface area contributed by atoms with Gasteiger partial charge in [-0.15, -0.1) is 5.10 Å². The number of carbonyl (C=O) groups excluding carboxylic acids is 1. The van der Waals surface area contributed by atoms with Gasteiger partial charge < -0.3 is 5.32 Å². The van der Waals surface area contributed by atoms with Gasteiger partial charge >= 0.3 is 5.69 Å². The molecule has 1 heterocycles. The summed E-state index contributed by atoms with van der Waals surface area (Å²) in [5.41, 5.74) is 1.59. The summed E-state index contributed by atoms with van der Waals surface area (Å²) in [6, 6.07) is 7.62. The highest BCUT2D eigenvalue weighted by molar-refractivity contribution is 7.99. The van der Waals surface area contributed by atoms with E-state index in [1.165, 1.54) is 11.8 Å². The van der Waals surface area contributed by atoms with Crippen LogP contribution >= 0.6 is 11.8 Å². The van der Waals surface area contributed by atoms with Crippen molar-refractivity contribution in [3.63, 3.8) is 0 Å². The number of amides is 1. The Kier molecular flexibility index (Phi) is 5.83. The lowest BCUT2D eigenvalue weighted by molar-refractivity contribution is -0.113. The Hall–Kier alpha value is -2.02. The van der Waals surface area contributed by atoms with E-state index in [9.17, 15) is 9.59 Å². The number of anilines is 1. The molecule has 1 aromatic heterocycles. The maximum atomic E-state index is 12.0. The fourth-order valence-electron chi connectivity index (χ4n) is 1.96. The van der Waals surface area contributed by atoms with Gasteiger partial charge in [0, 0.05) is 12.2 Å². The van der Waals surface area contributed by atoms with Gasteiger partial charge in [-0.2, -0.15) is 0 Å². The van der Waals surface area contributed by atoms with E-state index < -0.39 is 0 Å². The van der Waals surface area contributed by atoms with Crippen molar-refractivity contribution in [2.24, 2.45) is 0 Å². The Morgan fingerprint density at radius 3 is 2.91 bits per heavy atom. The number of H-pyrrole nitrogens is 1. The number of para-hydroxylation sites is 1. The Labute approximate surface area is 133 Å². The molecule has 0 saturated carbocycles. The summed E-state index contributed by atoms with van der Waals surface area (Å²) >= 11 is 1.26. The average Bonchev–Trinajstić information content (AvgIpc) is 2.86. The van der Waals surface area contributed by atoms with Crippen molar-refractivity contribution in [1.82, 2.24) is 14.8 Å². The number of thioether (sulfide) groups is 1. The van der Waals surface area contributed by atoms with Crippen LogP contribution in [-0.2, 0) is 11.3 Å². The van der Waals surface area contributed by atoms with Crippen LogP contribution in [0, 0.1) is 6.92 Å². The van der Waals surface area contributed by atoms with Crippen molar-refractivity contribution < 1.29 is 4.79 Å². The molecule has 0 fully saturated rings. The maximum absolute atomic E-state index is 12.0. The zero-order chi connectivity index (χ0) is 15.9. The fourth-order valence-corrected chi connectivity index (χ4v) is 2.73. The highest BCUT2D eigenvalue weighted by Crippen LogP contribution is 2.16. The zero-order valence-electron chi connectivity index (χ0n) is 12.8. The van der Waals surface area contributed by atoms with Crippen LogP contribution < -0.4 is 11.0 Å². The molecule has 0 radical (unpaired) electrons. The third kappa shape index (κ3) is 4.24. The van der Waals surface area contributed by atoms with Crippen molar-refractivity contribution in [3.05, 3.63) is 40.3 Å². The number of carbonyl (C=O) groups is 1. The van der Waals surface area contributed by atoms with Crippen LogP contribution in [0.3, 0.4) is 0 Å². The first-order valence-electron chi connectivity index (χ1n) is 7.25. The first kappa shape index (κ1) is 16.4. The SMILES string of the molecule is CCCCn1c(SCC(=O)Nc2ccccc2C)n[nH]c1=O. The molecule has 22 heavy (non-hydrogen) atoms. The normalized spacial score (nSPS) is 10.6. The molecule has 0 spiro atoms. The number of nitrogens with zero attached hydrogens (tertiary/aromatic N) is 2. The number of hydrogen-bond acceptors (Lipinski definition) is 4. The summed E-state index contributed by atoms with van der Waals surface area (Å²) in [4.78, 5) is 23.7. The molecule has 2 N–H and O–H groups in total. The van der Waals surface area contributed by atoms with Crippen molar-refractivity contribution in [2.45, 2.75) is 38.4 Å². The molecule has 6 nitrogen and oxygen atoms in total. The highest BCUT2D eigenvalue weighted by atomic mass is 32.2. The molecule has 2 rings (SSSR count). The second-order valence-corrected chi connectivity index (χ2v) is 5.91. The number of unbranched alkanes of at least 4 members (excludes halogenated alkanes) is 1. The molecular formula is C15H20N4O2S. The van der Waals surface area contributed by atoms with Crippen molar-refractivity contribution in [2.75, 3.05) is 11.1 Å². The molecule has 0 atom stereocenters. The molecule has 118 valence electrons. The Morgan fingerprint density at radius 2 is 2.18 bits per heavy atom. The lowest BCUT2D eigenvalue weighted by atomic mass is 10.2. The summed E-state index contributed by atoms with van der Waals surface area (Å²) in [7, 11) is 0. The minimum atomic E-state index is -0.227. The molecule has 0 saturated heterocycles. The summed E-state index contributed by atoms with van der Waals surface area (Å²) < 4.78 is 1.58. The van der Waals surface area contributed by atoms with Gasteiger partial charge in [0.15, 0.2) is 5.16 Å². The number of hydrogen-bond donors (Lipinski definition) is 2. The molecule has 0 unspecified atom stereocenters. The van der Waals surface area contributed by atoms with E-state index in [0.29, 0.717) is 11.7 Å². The van der Waals surface area contributed by atoms with Gasteiger partial charge in [0.05, 0.1) is 5.75 Å². The minimum absolute atomic E-state index is 0.114. The summed E-state index contributed by atoms with van der Waals surface area (Å²) in [6.07, 6.45) is 1.90. The van der Waals surface area contributed by atoms with Crippen LogP contribution in [0.25, 0.3) is 0 Å². The predicted octanol–water partition coefficient (Wildman–Crippen LogP) is 2.41. The second-order valence-electron chi connectivity index (χ2n) is 4.97. The number of aromatic amines is 1. The molecule has 1 aromatic carbocycles. The number of rotatable bonds is 7. The maximum Gasteiger partial charge on any atom is 0.343 e. The first-order chi connectivity index (χ1) is 10.6. The molecule has 7 heteroatoms. The number of aromatic nitrogens is 3. The van der Waals surface area contributed by atoms with Crippen LogP contribution in [-0.4, -0.2) is 26.4 Å². The molecule has 1 amide bonds. The van der Waals surface area contributed by atoms with E-state index in [1.807, 2.05) is 31.2 Å². The van der Waals surface area contributed by atoms with Crippen molar-refractivity contribution in [1.29, 1.82) is 0 Å². The van der Waals surface area contributed by atoms with Crippen LogP contribution in [0.4, 0.5) is 5.69 Å². The highest BCUT2D eigenvalue weighted by Gasteiger charge is 2.11. The smallest absolute Gasteiger partial charge is 0.325 e. The molecule has 0 aliphatic carbocycles. The monoisotopic (exact) mass is 320 g/mol. The van der Waals surface area contributed by atoms with Gasteiger partial charge in [0.2, 0.25) is 5.91 Å². The minimum Gasteiger partial charge on any atom is -0.325 e. The Balaban J connectivity index is 1.94. The molecule has 0 aliphatic rings. The number of nitrogens with one attached hydrogen (secondary N) is 2. The first-order valence-corrected chi connectivity index (χ1v) is 8.24. The Morgan fingerprint density at radius 1 is 1.41 bits per heavy atom. The standard InChI is InChI=1S/C15H20N4O2S/c1-3-4-9-19-14(21)17-18-15(19)22-10-13(20)16-12-8-6-5-7-11(12)2/h5-8H,3-4,9-10H2,1-2H3,(H,16,20)(H,17,21). The third-order valence-electron chi connectivity index (χ3n) is 3.21. The van der Waals surface area contributed by atoms with Gasteiger partial charge in [-0.3, -0.25) is 9.36 Å². The van der Waals surface area contributed by atoms with E-state index >= 15 is 0 Å².